The molecule has 3 rings (SSSR count). The van der Waals surface area contributed by atoms with Crippen LogP contribution in [-0.2, 0) is 6.18 Å². The van der Waals surface area contributed by atoms with Crippen LogP contribution in [0.3, 0.4) is 0 Å². The summed E-state index contributed by atoms with van der Waals surface area (Å²) in [5, 5.41) is 2.65. The Morgan fingerprint density at radius 1 is 1.04 bits per heavy atom. The molecule has 7 heteroatoms. The van der Waals surface area contributed by atoms with Gasteiger partial charge in [-0.3, -0.25) is 4.79 Å². The summed E-state index contributed by atoms with van der Waals surface area (Å²) in [4.78, 5) is 16.2. The van der Waals surface area contributed by atoms with Gasteiger partial charge in [-0.05, 0) is 36.2 Å². The number of carbonyl (C=O) groups excluding carboxylic acids is 1. The zero-order chi connectivity index (χ0) is 18.9. The highest BCUT2D eigenvalue weighted by Gasteiger charge is 2.33. The maximum Gasteiger partial charge on any atom is 0.417 e. The van der Waals surface area contributed by atoms with E-state index in [2.05, 4.69) is 10.3 Å². The molecule has 1 aromatic heterocycles. The van der Waals surface area contributed by atoms with Gasteiger partial charge in [-0.1, -0.05) is 30.3 Å². The predicted octanol–water partition coefficient (Wildman–Crippen LogP) is 5.23. The Kier molecular flexibility index (Phi) is 4.54. The normalized spacial score (nSPS) is 11.4. The average molecular weight is 360 g/mol. The molecule has 2 aromatic carbocycles. The van der Waals surface area contributed by atoms with Crippen LogP contribution >= 0.6 is 0 Å². The molecule has 0 saturated carbocycles. The number of halogens is 3. The number of alkyl halides is 3. The van der Waals surface area contributed by atoms with Gasteiger partial charge in [0.25, 0.3) is 5.91 Å². The summed E-state index contributed by atoms with van der Waals surface area (Å²) in [5.41, 5.74) is 0.410. The van der Waals surface area contributed by atoms with Gasteiger partial charge in [0, 0.05) is 12.6 Å². The first-order valence-corrected chi connectivity index (χ1v) is 7.78. The summed E-state index contributed by atoms with van der Waals surface area (Å²) in [7, 11) is 0. The number of hydrogen-bond acceptors (Lipinski definition) is 3. The molecule has 0 aliphatic rings. The van der Waals surface area contributed by atoms with E-state index >= 15 is 0 Å². The number of hydrogen-bond donors (Lipinski definition) is 1. The SMILES string of the molecule is Cc1nc(C(=O)Nc2ccc(-c3ccccc3C(F)(F)F)cc2)c(C)o1. The Hall–Kier alpha value is -3.09. The van der Waals surface area contributed by atoms with Crippen LogP contribution in [0.1, 0.15) is 27.7 Å². The van der Waals surface area contributed by atoms with E-state index in [1.807, 2.05) is 0 Å². The predicted molar refractivity (Wildman–Crippen MR) is 90.8 cm³/mol. The minimum Gasteiger partial charge on any atom is -0.445 e. The zero-order valence-electron chi connectivity index (χ0n) is 14.0. The molecule has 134 valence electrons. The van der Waals surface area contributed by atoms with E-state index in [9.17, 15) is 18.0 Å². The van der Waals surface area contributed by atoms with E-state index in [1.54, 1.807) is 32.0 Å². The van der Waals surface area contributed by atoms with Crippen molar-refractivity contribution >= 4 is 11.6 Å². The number of anilines is 1. The van der Waals surface area contributed by atoms with Crippen molar-refractivity contribution in [3.63, 3.8) is 0 Å². The molecule has 1 amide bonds. The first kappa shape index (κ1) is 17.7. The Morgan fingerprint density at radius 3 is 2.27 bits per heavy atom. The lowest BCUT2D eigenvalue weighted by atomic mass is 9.99. The van der Waals surface area contributed by atoms with E-state index < -0.39 is 17.6 Å². The number of benzene rings is 2. The average Bonchev–Trinajstić information content (AvgIpc) is 2.93. The first-order valence-electron chi connectivity index (χ1n) is 7.78. The summed E-state index contributed by atoms with van der Waals surface area (Å²) >= 11 is 0. The second-order valence-corrected chi connectivity index (χ2v) is 5.71. The highest BCUT2D eigenvalue weighted by atomic mass is 19.4. The van der Waals surface area contributed by atoms with Crippen molar-refractivity contribution in [3.05, 3.63) is 71.4 Å². The smallest absolute Gasteiger partial charge is 0.417 e. The van der Waals surface area contributed by atoms with E-state index in [-0.39, 0.29) is 11.3 Å². The van der Waals surface area contributed by atoms with Gasteiger partial charge in [-0.15, -0.1) is 0 Å². The minimum atomic E-state index is -4.44. The molecule has 0 aliphatic carbocycles. The highest BCUT2D eigenvalue weighted by Crippen LogP contribution is 2.37. The van der Waals surface area contributed by atoms with Crippen LogP contribution in [0.25, 0.3) is 11.1 Å². The monoisotopic (exact) mass is 360 g/mol. The molecule has 0 spiro atoms. The van der Waals surface area contributed by atoms with Gasteiger partial charge in [0.2, 0.25) is 0 Å². The maximum atomic E-state index is 13.1. The van der Waals surface area contributed by atoms with Crippen molar-refractivity contribution in [3.8, 4) is 11.1 Å². The van der Waals surface area contributed by atoms with Crippen LogP contribution in [-0.4, -0.2) is 10.9 Å². The van der Waals surface area contributed by atoms with E-state index in [4.69, 9.17) is 4.42 Å². The number of nitrogens with zero attached hydrogens (tertiary/aromatic N) is 1. The van der Waals surface area contributed by atoms with Gasteiger partial charge in [-0.2, -0.15) is 13.2 Å². The molecule has 26 heavy (non-hydrogen) atoms. The van der Waals surface area contributed by atoms with Crippen molar-refractivity contribution in [1.29, 1.82) is 0 Å². The number of amides is 1. The van der Waals surface area contributed by atoms with Crippen molar-refractivity contribution in [2.45, 2.75) is 20.0 Å². The summed E-state index contributed by atoms with van der Waals surface area (Å²) in [6.45, 7) is 3.27. The minimum absolute atomic E-state index is 0.0841. The number of carbonyl (C=O) groups is 1. The van der Waals surface area contributed by atoms with Crippen LogP contribution in [0, 0.1) is 13.8 Å². The lowest BCUT2D eigenvalue weighted by molar-refractivity contribution is -0.137. The standard InChI is InChI=1S/C19H15F3N2O2/c1-11-17(23-12(2)26-11)18(25)24-14-9-7-13(8-10-14)15-5-3-4-6-16(15)19(20,21)22/h3-10H,1-2H3,(H,24,25). The third-order valence-corrected chi connectivity index (χ3v) is 3.80. The molecule has 0 bridgehead atoms. The molecular formula is C19H15F3N2O2. The summed E-state index contributed by atoms with van der Waals surface area (Å²) in [6, 6.07) is 11.5. The third kappa shape index (κ3) is 3.61. The number of aryl methyl sites for hydroxylation is 2. The quantitative estimate of drug-likeness (QED) is 0.696. The number of aromatic nitrogens is 1. The van der Waals surface area contributed by atoms with Crippen LogP contribution in [0.4, 0.5) is 18.9 Å². The van der Waals surface area contributed by atoms with E-state index in [1.165, 1.54) is 24.3 Å². The van der Waals surface area contributed by atoms with Crippen molar-refractivity contribution in [1.82, 2.24) is 4.98 Å². The van der Waals surface area contributed by atoms with Crippen LogP contribution < -0.4 is 5.32 Å². The van der Waals surface area contributed by atoms with Crippen molar-refractivity contribution in [2.24, 2.45) is 0 Å². The highest BCUT2D eigenvalue weighted by molar-refractivity contribution is 6.03. The molecule has 3 aromatic rings. The Morgan fingerprint density at radius 2 is 1.69 bits per heavy atom. The fourth-order valence-electron chi connectivity index (χ4n) is 2.64. The van der Waals surface area contributed by atoms with Crippen molar-refractivity contribution < 1.29 is 22.4 Å². The molecule has 0 unspecified atom stereocenters. The van der Waals surface area contributed by atoms with Crippen molar-refractivity contribution in [2.75, 3.05) is 5.32 Å². The Balaban J connectivity index is 1.84. The lowest BCUT2D eigenvalue weighted by Crippen LogP contribution is -2.13. The molecule has 0 radical (unpaired) electrons. The lowest BCUT2D eigenvalue weighted by Gasteiger charge is -2.13. The molecule has 1 N–H and O–H groups in total. The number of nitrogens with one attached hydrogen (secondary N) is 1. The summed E-state index contributed by atoms with van der Waals surface area (Å²) < 4.78 is 44.6. The van der Waals surface area contributed by atoms with Gasteiger partial charge in [-0.25, -0.2) is 4.98 Å². The second-order valence-electron chi connectivity index (χ2n) is 5.71. The van der Waals surface area contributed by atoms with E-state index in [0.717, 1.165) is 6.07 Å². The van der Waals surface area contributed by atoms with Gasteiger partial charge in [0.15, 0.2) is 11.6 Å². The molecule has 0 aliphatic heterocycles. The topological polar surface area (TPSA) is 55.1 Å². The fraction of sp³-hybridized carbons (Fsp3) is 0.158. The maximum absolute atomic E-state index is 13.1. The first-order chi connectivity index (χ1) is 12.3. The molecular weight excluding hydrogens is 345 g/mol. The summed E-state index contributed by atoms with van der Waals surface area (Å²) in [5.74, 6) is 0.338. The Bertz CT molecular complexity index is 944. The molecule has 4 nitrogen and oxygen atoms in total. The number of oxazole rings is 1. The largest absolute Gasteiger partial charge is 0.445 e. The van der Waals surface area contributed by atoms with Gasteiger partial charge >= 0.3 is 6.18 Å². The fourth-order valence-corrected chi connectivity index (χ4v) is 2.64. The molecule has 0 atom stereocenters. The Labute approximate surface area is 147 Å². The zero-order valence-corrected chi connectivity index (χ0v) is 14.0. The van der Waals surface area contributed by atoms with Crippen LogP contribution in [0.5, 0.6) is 0 Å². The van der Waals surface area contributed by atoms with Gasteiger partial charge in [0.1, 0.15) is 5.76 Å². The second kappa shape index (κ2) is 6.67. The molecule has 0 fully saturated rings. The molecule has 0 saturated heterocycles. The van der Waals surface area contributed by atoms with E-state index in [0.29, 0.717) is 22.9 Å². The van der Waals surface area contributed by atoms with Gasteiger partial charge < -0.3 is 9.73 Å². The third-order valence-electron chi connectivity index (χ3n) is 3.80. The van der Waals surface area contributed by atoms with Crippen LogP contribution in [0.15, 0.2) is 52.9 Å². The summed E-state index contributed by atoms with van der Waals surface area (Å²) in [6.07, 6.45) is -4.44. The van der Waals surface area contributed by atoms with Crippen LogP contribution in [0.2, 0.25) is 0 Å². The number of rotatable bonds is 3. The molecule has 1 heterocycles. The van der Waals surface area contributed by atoms with Gasteiger partial charge in [0.05, 0.1) is 5.56 Å².